The number of rotatable bonds is 7. The van der Waals surface area contributed by atoms with Crippen molar-refractivity contribution in [3.8, 4) is 5.75 Å². The van der Waals surface area contributed by atoms with Crippen molar-refractivity contribution >= 4 is 60.1 Å². The zero-order valence-electron chi connectivity index (χ0n) is 16.7. The third-order valence-electron chi connectivity index (χ3n) is 4.67. The molecule has 0 radical (unpaired) electrons. The first-order chi connectivity index (χ1) is 14.9. The molecule has 162 valence electrons. The molecule has 5 N–H and O–H groups in total. The van der Waals surface area contributed by atoms with E-state index >= 15 is 0 Å². The number of aromatic hydroxyl groups is 1. The van der Waals surface area contributed by atoms with Crippen LogP contribution in [0.25, 0.3) is 10.8 Å². The number of fused-ring (bicyclic) bond motifs is 1. The molecule has 3 aromatic carbocycles. The van der Waals surface area contributed by atoms with E-state index in [1.165, 1.54) is 12.1 Å². The van der Waals surface area contributed by atoms with Crippen LogP contribution in [0.5, 0.6) is 5.75 Å². The molecule has 0 bridgehead atoms. The molecule has 3 aromatic rings. The Bertz CT molecular complexity index is 1080. The Kier molecular flexibility index (Phi) is 7.89. The number of halogens is 2. The summed E-state index contributed by atoms with van der Waals surface area (Å²) in [5.41, 5.74) is 5.98. The first kappa shape index (κ1) is 23.1. The molecule has 9 heteroatoms. The van der Waals surface area contributed by atoms with Crippen LogP contribution in [0.15, 0.2) is 63.5 Å². The summed E-state index contributed by atoms with van der Waals surface area (Å²) in [4.78, 5) is 25.2. The van der Waals surface area contributed by atoms with Crippen LogP contribution in [0.3, 0.4) is 0 Å². The van der Waals surface area contributed by atoms with Gasteiger partial charge in [0.1, 0.15) is 11.8 Å². The molecule has 0 saturated carbocycles. The third kappa shape index (κ3) is 5.96. The van der Waals surface area contributed by atoms with Crippen LogP contribution < -0.4 is 21.5 Å². The number of hydrazine groups is 1. The Morgan fingerprint density at radius 2 is 1.65 bits per heavy atom. The van der Waals surface area contributed by atoms with Gasteiger partial charge < -0.3 is 15.7 Å². The Hall–Kier alpha value is -2.62. The van der Waals surface area contributed by atoms with Crippen LogP contribution in [0.2, 0.25) is 0 Å². The highest BCUT2D eigenvalue weighted by Crippen LogP contribution is 2.33. The van der Waals surface area contributed by atoms with E-state index in [4.69, 9.17) is 0 Å². The van der Waals surface area contributed by atoms with Gasteiger partial charge in [0.2, 0.25) is 0 Å². The smallest absolute Gasteiger partial charge is 0.269 e. The molecule has 0 heterocycles. The van der Waals surface area contributed by atoms with Crippen LogP contribution in [0.1, 0.15) is 16.8 Å². The molecule has 0 aliphatic heterocycles. The van der Waals surface area contributed by atoms with E-state index < -0.39 is 11.9 Å². The number of benzene rings is 3. The van der Waals surface area contributed by atoms with Crippen LogP contribution >= 0.6 is 31.9 Å². The second-order valence-electron chi connectivity index (χ2n) is 6.88. The maximum Gasteiger partial charge on any atom is 0.269 e. The van der Waals surface area contributed by atoms with E-state index in [1.54, 1.807) is 0 Å². The fourth-order valence-electron chi connectivity index (χ4n) is 3.01. The Morgan fingerprint density at radius 3 is 2.32 bits per heavy atom. The van der Waals surface area contributed by atoms with Crippen molar-refractivity contribution in [2.75, 3.05) is 18.9 Å². The third-order valence-corrected chi connectivity index (χ3v) is 5.88. The van der Waals surface area contributed by atoms with Gasteiger partial charge in [-0.1, -0.05) is 30.3 Å². The van der Waals surface area contributed by atoms with Crippen molar-refractivity contribution in [3.63, 3.8) is 0 Å². The van der Waals surface area contributed by atoms with Crippen LogP contribution in [-0.2, 0) is 4.79 Å². The maximum absolute atomic E-state index is 12.8. The minimum Gasteiger partial charge on any atom is -0.506 e. The number of hydrogen-bond acceptors (Lipinski definition) is 5. The number of anilines is 1. The fourth-order valence-corrected chi connectivity index (χ4v) is 4.20. The minimum atomic E-state index is -0.563. The topological polar surface area (TPSA) is 102 Å². The Morgan fingerprint density at radius 1 is 0.968 bits per heavy atom. The maximum atomic E-state index is 12.8. The average Bonchev–Trinajstić information content (AvgIpc) is 2.77. The lowest BCUT2D eigenvalue weighted by Gasteiger charge is -2.20. The van der Waals surface area contributed by atoms with E-state index in [-0.39, 0.29) is 17.2 Å². The largest absolute Gasteiger partial charge is 0.506 e. The van der Waals surface area contributed by atoms with Crippen molar-refractivity contribution < 1.29 is 14.7 Å². The number of nitrogens with one attached hydrogen (secondary N) is 4. The zero-order valence-corrected chi connectivity index (χ0v) is 19.9. The zero-order chi connectivity index (χ0) is 22.4. The van der Waals surface area contributed by atoms with Gasteiger partial charge in [0.05, 0.1) is 8.95 Å². The molecule has 1 atom stereocenters. The summed E-state index contributed by atoms with van der Waals surface area (Å²) in [6.45, 7) is 0.616. The molecular weight excluding hydrogens is 528 g/mol. The van der Waals surface area contributed by atoms with Crippen molar-refractivity contribution in [2.45, 2.75) is 12.5 Å². The number of hydrogen-bond donors (Lipinski definition) is 5. The van der Waals surface area contributed by atoms with Crippen molar-refractivity contribution in [2.24, 2.45) is 0 Å². The molecule has 0 aromatic heterocycles. The average molecular weight is 550 g/mol. The number of amides is 2. The summed E-state index contributed by atoms with van der Waals surface area (Å²) in [6, 6.07) is 16.3. The molecule has 0 fully saturated rings. The highest BCUT2D eigenvalue weighted by Gasteiger charge is 2.19. The van der Waals surface area contributed by atoms with Crippen molar-refractivity contribution in [1.82, 2.24) is 16.2 Å². The predicted octanol–water partition coefficient (Wildman–Crippen LogP) is 3.92. The standard InChI is InChI=1S/C22H22Br2N4O3/c1-25-9-8-19(26-16-7-6-13-4-2-3-5-14(13)10-16)22(31)28-27-21(30)15-11-17(23)20(29)18(24)12-15/h2-7,10-12,19,25-26,29H,8-9H2,1H3,(H,27,30)(H,28,31). The van der Waals surface area contributed by atoms with E-state index in [0.29, 0.717) is 21.9 Å². The lowest BCUT2D eigenvalue weighted by atomic mass is 10.1. The fraction of sp³-hybridized carbons (Fsp3) is 0.182. The lowest BCUT2D eigenvalue weighted by Crippen LogP contribution is -2.49. The highest BCUT2D eigenvalue weighted by molar-refractivity contribution is 9.11. The molecule has 0 spiro atoms. The lowest BCUT2D eigenvalue weighted by molar-refractivity contribution is -0.122. The quantitative estimate of drug-likeness (QED) is 0.287. The van der Waals surface area contributed by atoms with E-state index in [1.807, 2.05) is 49.5 Å². The molecule has 3 rings (SSSR count). The monoisotopic (exact) mass is 548 g/mol. The molecule has 7 nitrogen and oxygen atoms in total. The predicted molar refractivity (Wildman–Crippen MR) is 129 cm³/mol. The number of carbonyl (C=O) groups excluding carboxylic acids is 2. The first-order valence-corrected chi connectivity index (χ1v) is 11.2. The Balaban J connectivity index is 1.68. The van der Waals surface area contributed by atoms with Crippen LogP contribution in [-0.4, -0.2) is 36.6 Å². The van der Waals surface area contributed by atoms with Crippen molar-refractivity contribution in [3.05, 3.63) is 69.1 Å². The summed E-state index contributed by atoms with van der Waals surface area (Å²) >= 11 is 6.37. The van der Waals surface area contributed by atoms with Gasteiger partial charge in [-0.25, -0.2) is 0 Å². The molecular formula is C22H22Br2N4O3. The number of phenolic OH excluding ortho intramolecular Hbond substituents is 1. The molecule has 31 heavy (non-hydrogen) atoms. The van der Waals surface area contributed by atoms with Crippen LogP contribution in [0.4, 0.5) is 5.69 Å². The van der Waals surface area contributed by atoms with Gasteiger partial charge in [-0.05, 0) is 86.9 Å². The van der Waals surface area contributed by atoms with Crippen molar-refractivity contribution in [1.29, 1.82) is 0 Å². The van der Waals surface area contributed by atoms with Gasteiger partial charge in [0, 0.05) is 11.3 Å². The Labute approximate surface area is 196 Å². The summed E-state index contributed by atoms with van der Waals surface area (Å²) in [5, 5.41) is 18.2. The van der Waals surface area contributed by atoms with Gasteiger partial charge in [-0.15, -0.1) is 0 Å². The van der Waals surface area contributed by atoms with Gasteiger partial charge in [0.25, 0.3) is 11.8 Å². The van der Waals surface area contributed by atoms with Gasteiger partial charge in [-0.2, -0.15) is 0 Å². The first-order valence-electron chi connectivity index (χ1n) is 9.57. The molecule has 1 unspecified atom stereocenters. The highest BCUT2D eigenvalue weighted by atomic mass is 79.9. The van der Waals surface area contributed by atoms with Gasteiger partial charge in [0.15, 0.2) is 0 Å². The molecule has 0 aliphatic carbocycles. The van der Waals surface area contributed by atoms with Crippen LogP contribution in [0, 0.1) is 0 Å². The van der Waals surface area contributed by atoms with E-state index in [2.05, 4.69) is 53.3 Å². The van der Waals surface area contributed by atoms with E-state index in [0.717, 1.165) is 16.5 Å². The molecule has 0 saturated heterocycles. The molecule has 2 amide bonds. The second-order valence-corrected chi connectivity index (χ2v) is 8.59. The normalized spacial score (nSPS) is 11.7. The summed E-state index contributed by atoms with van der Waals surface area (Å²) < 4.78 is 0.728. The second kappa shape index (κ2) is 10.6. The summed E-state index contributed by atoms with van der Waals surface area (Å²) in [6.07, 6.45) is 0.515. The van der Waals surface area contributed by atoms with E-state index in [9.17, 15) is 14.7 Å². The number of phenols is 1. The summed E-state index contributed by atoms with van der Waals surface area (Å²) in [7, 11) is 1.81. The van der Waals surface area contributed by atoms with Gasteiger partial charge >= 0.3 is 0 Å². The van der Waals surface area contributed by atoms with Gasteiger partial charge in [-0.3, -0.25) is 20.4 Å². The molecule has 0 aliphatic rings. The number of carbonyl (C=O) groups is 2. The minimum absolute atomic E-state index is 0.00713. The SMILES string of the molecule is CNCCC(Nc1ccc2ccccc2c1)C(=O)NNC(=O)c1cc(Br)c(O)c(Br)c1. The summed E-state index contributed by atoms with van der Waals surface area (Å²) in [5.74, 6) is -0.881.